The lowest BCUT2D eigenvalue weighted by atomic mass is 10.1. The molecule has 0 atom stereocenters. The van der Waals surface area contributed by atoms with Crippen molar-refractivity contribution in [3.05, 3.63) is 82.6 Å². The zero-order valence-corrected chi connectivity index (χ0v) is 16.6. The predicted molar refractivity (Wildman–Crippen MR) is 114 cm³/mol. The molecule has 4 rings (SSSR count). The molecule has 146 valence electrons. The van der Waals surface area contributed by atoms with Crippen LogP contribution >= 0.6 is 11.3 Å². The number of aromatic nitrogens is 1. The van der Waals surface area contributed by atoms with E-state index in [-0.39, 0.29) is 11.8 Å². The molecule has 0 spiro atoms. The number of amides is 2. The van der Waals surface area contributed by atoms with Gasteiger partial charge in [-0.25, -0.2) is 4.98 Å². The Labute approximate surface area is 171 Å². The number of fused-ring (bicyclic) bond motifs is 1. The summed E-state index contributed by atoms with van der Waals surface area (Å²) in [4.78, 5) is 29.7. The van der Waals surface area contributed by atoms with Gasteiger partial charge in [0.25, 0.3) is 11.8 Å². The van der Waals surface area contributed by atoms with Gasteiger partial charge in [0.15, 0.2) is 5.13 Å². The molecule has 2 heterocycles. The van der Waals surface area contributed by atoms with E-state index in [1.54, 1.807) is 6.20 Å². The van der Waals surface area contributed by atoms with Crippen LogP contribution < -0.4 is 10.6 Å². The van der Waals surface area contributed by atoms with E-state index in [4.69, 9.17) is 4.42 Å². The first-order valence-electron chi connectivity index (χ1n) is 9.23. The van der Waals surface area contributed by atoms with Crippen LogP contribution in [0.15, 0.2) is 65.4 Å². The van der Waals surface area contributed by atoms with E-state index in [2.05, 4.69) is 15.6 Å². The van der Waals surface area contributed by atoms with E-state index in [9.17, 15) is 9.59 Å². The molecule has 2 N–H and O–H groups in total. The van der Waals surface area contributed by atoms with E-state index < -0.39 is 0 Å². The molecule has 29 heavy (non-hydrogen) atoms. The van der Waals surface area contributed by atoms with Gasteiger partial charge in [0.2, 0.25) is 0 Å². The number of para-hydroxylation sites is 1. The van der Waals surface area contributed by atoms with Crippen molar-refractivity contribution in [1.29, 1.82) is 0 Å². The highest BCUT2D eigenvalue weighted by Gasteiger charge is 2.15. The van der Waals surface area contributed by atoms with Gasteiger partial charge in [0, 0.05) is 35.0 Å². The number of hydrogen-bond donors (Lipinski definition) is 2. The molecule has 4 aromatic rings. The van der Waals surface area contributed by atoms with Crippen molar-refractivity contribution in [3.63, 3.8) is 0 Å². The Hall–Kier alpha value is -3.45. The lowest BCUT2D eigenvalue weighted by Gasteiger charge is -2.03. The Balaban J connectivity index is 1.42. The van der Waals surface area contributed by atoms with Crippen molar-refractivity contribution in [1.82, 2.24) is 10.3 Å². The minimum Gasteiger partial charge on any atom is -0.463 e. The lowest BCUT2D eigenvalue weighted by molar-refractivity contribution is 0.0955. The van der Waals surface area contributed by atoms with Gasteiger partial charge < -0.3 is 9.73 Å². The second-order valence-corrected chi connectivity index (χ2v) is 7.58. The van der Waals surface area contributed by atoms with Gasteiger partial charge in [-0.1, -0.05) is 30.3 Å². The number of furan rings is 1. The fourth-order valence-electron chi connectivity index (χ4n) is 3.00. The van der Waals surface area contributed by atoms with Gasteiger partial charge in [-0.3, -0.25) is 14.9 Å². The molecule has 0 bridgehead atoms. The number of benzene rings is 2. The molecular weight excluding hydrogens is 386 g/mol. The number of hydrogen-bond acceptors (Lipinski definition) is 5. The Morgan fingerprint density at radius 3 is 2.66 bits per heavy atom. The first-order valence-corrected chi connectivity index (χ1v) is 10.0. The molecule has 0 saturated carbocycles. The van der Waals surface area contributed by atoms with Crippen LogP contribution in [0, 0.1) is 0 Å². The maximum Gasteiger partial charge on any atom is 0.261 e. The van der Waals surface area contributed by atoms with Crippen LogP contribution in [0.2, 0.25) is 0 Å². The molecular formula is C22H19N3O3S. The third-order valence-corrected chi connectivity index (χ3v) is 5.34. The summed E-state index contributed by atoms with van der Waals surface area (Å²) < 4.78 is 5.43. The maximum atomic E-state index is 12.6. The van der Waals surface area contributed by atoms with E-state index in [0.717, 1.165) is 15.8 Å². The molecule has 0 radical (unpaired) electrons. The summed E-state index contributed by atoms with van der Waals surface area (Å²) in [5.74, 6) is -0.323. The second-order valence-electron chi connectivity index (χ2n) is 6.46. The standard InChI is InChI=1S/C22H19N3O3S/c1-2-23-20(26)15-9-7-14(8-10-15)11-16-12-24-22(29-16)25-21(27)18-13-28-19-6-4-3-5-17(18)19/h3-10,12-13H,2,11H2,1H3,(H,23,26)(H,24,25,27). The molecule has 0 aliphatic carbocycles. The highest BCUT2D eigenvalue weighted by Crippen LogP contribution is 2.25. The zero-order chi connectivity index (χ0) is 20.2. The number of thiazole rings is 1. The molecule has 0 aliphatic heterocycles. The number of carbonyl (C=O) groups excluding carboxylic acids is 2. The van der Waals surface area contributed by atoms with Crippen LogP contribution in [0.1, 0.15) is 38.1 Å². The SMILES string of the molecule is CCNC(=O)c1ccc(Cc2cnc(NC(=O)c3coc4ccccc34)s2)cc1. The quantitative estimate of drug-likeness (QED) is 0.495. The van der Waals surface area contributed by atoms with Crippen molar-refractivity contribution in [2.45, 2.75) is 13.3 Å². The number of rotatable bonds is 6. The molecule has 6 nitrogen and oxygen atoms in total. The average Bonchev–Trinajstić information content (AvgIpc) is 3.35. The molecule has 2 aromatic carbocycles. The van der Waals surface area contributed by atoms with Gasteiger partial charge in [-0.05, 0) is 30.7 Å². The van der Waals surface area contributed by atoms with E-state index in [1.165, 1.54) is 17.6 Å². The van der Waals surface area contributed by atoms with Gasteiger partial charge in [0.1, 0.15) is 11.8 Å². The monoisotopic (exact) mass is 405 g/mol. The number of carbonyl (C=O) groups is 2. The summed E-state index contributed by atoms with van der Waals surface area (Å²) in [6.07, 6.45) is 3.90. The summed E-state index contributed by atoms with van der Waals surface area (Å²) in [6.45, 7) is 2.49. The fourth-order valence-corrected chi connectivity index (χ4v) is 3.84. The highest BCUT2D eigenvalue weighted by atomic mass is 32.1. The maximum absolute atomic E-state index is 12.6. The van der Waals surface area contributed by atoms with Crippen LogP contribution in [0.4, 0.5) is 5.13 Å². The summed E-state index contributed by atoms with van der Waals surface area (Å²) in [5.41, 5.74) is 2.87. The largest absolute Gasteiger partial charge is 0.463 e. The average molecular weight is 405 g/mol. The van der Waals surface area contributed by atoms with E-state index >= 15 is 0 Å². The number of nitrogens with zero attached hydrogens (tertiary/aromatic N) is 1. The molecule has 0 fully saturated rings. The van der Waals surface area contributed by atoms with Gasteiger partial charge in [0.05, 0.1) is 5.56 Å². The minimum atomic E-state index is -0.248. The van der Waals surface area contributed by atoms with Crippen molar-refractivity contribution >= 4 is 39.3 Å². The summed E-state index contributed by atoms with van der Waals surface area (Å²) in [7, 11) is 0. The molecule has 0 saturated heterocycles. The Morgan fingerprint density at radius 1 is 1.07 bits per heavy atom. The van der Waals surface area contributed by atoms with Crippen LogP contribution in [-0.4, -0.2) is 23.3 Å². The first kappa shape index (κ1) is 18.9. The molecule has 7 heteroatoms. The van der Waals surface area contributed by atoms with Crippen LogP contribution in [-0.2, 0) is 6.42 Å². The van der Waals surface area contributed by atoms with E-state index in [0.29, 0.717) is 34.8 Å². The Bertz CT molecular complexity index is 1160. The third-order valence-electron chi connectivity index (χ3n) is 4.43. The zero-order valence-electron chi connectivity index (χ0n) is 15.8. The van der Waals surface area contributed by atoms with Crippen molar-refractivity contribution in [2.75, 3.05) is 11.9 Å². The predicted octanol–water partition coefficient (Wildman–Crippen LogP) is 4.48. The van der Waals surface area contributed by atoms with Crippen LogP contribution in [0.3, 0.4) is 0 Å². The lowest BCUT2D eigenvalue weighted by Crippen LogP contribution is -2.22. The highest BCUT2D eigenvalue weighted by molar-refractivity contribution is 7.15. The van der Waals surface area contributed by atoms with E-state index in [1.807, 2.05) is 55.5 Å². The van der Waals surface area contributed by atoms with Crippen LogP contribution in [0.5, 0.6) is 0 Å². The topological polar surface area (TPSA) is 84.2 Å². The van der Waals surface area contributed by atoms with Gasteiger partial charge in [-0.15, -0.1) is 11.3 Å². The van der Waals surface area contributed by atoms with Crippen molar-refractivity contribution in [3.8, 4) is 0 Å². The number of nitrogens with one attached hydrogen (secondary N) is 2. The molecule has 0 unspecified atom stereocenters. The van der Waals surface area contributed by atoms with Gasteiger partial charge >= 0.3 is 0 Å². The molecule has 0 aliphatic rings. The minimum absolute atomic E-state index is 0.0754. The normalized spacial score (nSPS) is 10.8. The Morgan fingerprint density at radius 2 is 1.86 bits per heavy atom. The second kappa shape index (κ2) is 8.28. The third kappa shape index (κ3) is 4.20. The van der Waals surface area contributed by atoms with Gasteiger partial charge in [-0.2, -0.15) is 0 Å². The first-order chi connectivity index (χ1) is 14.1. The summed E-state index contributed by atoms with van der Waals surface area (Å²) in [6, 6.07) is 14.9. The van der Waals surface area contributed by atoms with Crippen molar-refractivity contribution in [2.24, 2.45) is 0 Å². The van der Waals surface area contributed by atoms with Crippen molar-refractivity contribution < 1.29 is 14.0 Å². The molecule has 2 aromatic heterocycles. The smallest absolute Gasteiger partial charge is 0.261 e. The van der Waals surface area contributed by atoms with Crippen LogP contribution in [0.25, 0.3) is 11.0 Å². The summed E-state index contributed by atoms with van der Waals surface area (Å²) >= 11 is 1.42. The summed E-state index contributed by atoms with van der Waals surface area (Å²) in [5, 5.41) is 6.93. The molecule has 2 amide bonds. The Kier molecular flexibility index (Phi) is 5.39. The fraction of sp³-hybridized carbons (Fsp3) is 0.136. The number of anilines is 1.